The molecule has 1 aliphatic heterocycles. The average Bonchev–Trinajstić information content (AvgIpc) is 2.68. The lowest BCUT2D eigenvalue weighted by atomic mass is 10.1. The second kappa shape index (κ2) is 10.9. The van der Waals surface area contributed by atoms with Gasteiger partial charge in [0.05, 0.1) is 38.9 Å². The molecule has 2 rings (SSSR count). The van der Waals surface area contributed by atoms with Crippen molar-refractivity contribution in [1.29, 1.82) is 0 Å². The lowest BCUT2D eigenvalue weighted by Gasteiger charge is -2.26. The van der Waals surface area contributed by atoms with Crippen LogP contribution in [0, 0.1) is 0 Å². The van der Waals surface area contributed by atoms with E-state index in [9.17, 15) is 9.59 Å². The second-order valence-corrected chi connectivity index (χ2v) is 6.76. The van der Waals surface area contributed by atoms with E-state index in [0.717, 1.165) is 5.56 Å². The highest BCUT2D eigenvalue weighted by atomic mass is 32.2. The summed E-state index contributed by atoms with van der Waals surface area (Å²) in [6.45, 7) is 2.99. The number of benzene rings is 1. The molecule has 0 aromatic heterocycles. The Hall–Kier alpha value is -1.93. The molecule has 1 aromatic carbocycles. The molecule has 0 bridgehead atoms. The van der Waals surface area contributed by atoms with Crippen LogP contribution in [0.15, 0.2) is 18.2 Å². The maximum atomic E-state index is 12.0. The number of nitrogens with one attached hydrogen (secondary N) is 1. The molecule has 7 nitrogen and oxygen atoms in total. The van der Waals surface area contributed by atoms with Gasteiger partial charge in [-0.05, 0) is 24.1 Å². The highest BCUT2D eigenvalue weighted by Gasteiger charge is 2.16. The Labute approximate surface area is 158 Å². The molecule has 144 valence electrons. The molecule has 1 fully saturated rings. The third-order valence-electron chi connectivity index (χ3n) is 4.01. The number of ether oxygens (including phenoxy) is 3. The Kier molecular flexibility index (Phi) is 8.57. The lowest BCUT2D eigenvalue weighted by molar-refractivity contribution is -0.132. The van der Waals surface area contributed by atoms with Gasteiger partial charge in [-0.25, -0.2) is 0 Å². The van der Waals surface area contributed by atoms with Crippen LogP contribution in [-0.4, -0.2) is 75.3 Å². The zero-order valence-electron chi connectivity index (χ0n) is 15.3. The van der Waals surface area contributed by atoms with Gasteiger partial charge in [-0.2, -0.15) is 0 Å². The van der Waals surface area contributed by atoms with Gasteiger partial charge in [-0.15, -0.1) is 11.8 Å². The minimum atomic E-state index is -0.0646. The molecule has 1 aliphatic rings. The van der Waals surface area contributed by atoms with Crippen LogP contribution in [0.3, 0.4) is 0 Å². The van der Waals surface area contributed by atoms with E-state index in [0.29, 0.717) is 56.5 Å². The Morgan fingerprint density at radius 2 is 1.88 bits per heavy atom. The van der Waals surface area contributed by atoms with Gasteiger partial charge in [0.15, 0.2) is 11.5 Å². The van der Waals surface area contributed by atoms with Crippen LogP contribution < -0.4 is 14.8 Å². The quantitative estimate of drug-likeness (QED) is 0.685. The molecular formula is C18H26N2O5S. The second-order valence-electron chi connectivity index (χ2n) is 5.78. The van der Waals surface area contributed by atoms with Gasteiger partial charge in [0.2, 0.25) is 11.8 Å². The standard InChI is InChI=1S/C18H26N2O5S/c1-23-15-4-3-14(11-16(15)24-2)5-6-19-17(21)12-26-13-18(22)20-7-9-25-10-8-20/h3-4,11H,5-10,12-13H2,1-2H3,(H,19,21). The van der Waals surface area contributed by atoms with E-state index in [-0.39, 0.29) is 17.6 Å². The summed E-state index contributed by atoms with van der Waals surface area (Å²) in [6, 6.07) is 5.70. The van der Waals surface area contributed by atoms with Crippen molar-refractivity contribution in [3.63, 3.8) is 0 Å². The average molecular weight is 382 g/mol. The number of rotatable bonds is 9. The molecular weight excluding hydrogens is 356 g/mol. The molecule has 0 saturated carbocycles. The molecule has 1 saturated heterocycles. The van der Waals surface area contributed by atoms with Gasteiger partial charge in [-0.3, -0.25) is 9.59 Å². The van der Waals surface area contributed by atoms with Crippen LogP contribution in [0.5, 0.6) is 11.5 Å². The van der Waals surface area contributed by atoms with Crippen molar-refractivity contribution in [3.05, 3.63) is 23.8 Å². The number of hydrogen-bond acceptors (Lipinski definition) is 6. The normalized spacial score (nSPS) is 14.0. The largest absolute Gasteiger partial charge is 0.493 e. The van der Waals surface area contributed by atoms with Crippen molar-refractivity contribution >= 4 is 23.6 Å². The highest BCUT2D eigenvalue weighted by Crippen LogP contribution is 2.27. The van der Waals surface area contributed by atoms with E-state index in [2.05, 4.69) is 5.32 Å². The topological polar surface area (TPSA) is 77.1 Å². The Balaban J connectivity index is 1.63. The van der Waals surface area contributed by atoms with Crippen LogP contribution in [0.2, 0.25) is 0 Å². The summed E-state index contributed by atoms with van der Waals surface area (Å²) in [4.78, 5) is 25.7. The maximum absolute atomic E-state index is 12.0. The predicted octanol–water partition coefficient (Wildman–Crippen LogP) is 0.955. The molecule has 0 spiro atoms. The Morgan fingerprint density at radius 3 is 2.58 bits per heavy atom. The monoisotopic (exact) mass is 382 g/mol. The molecule has 26 heavy (non-hydrogen) atoms. The van der Waals surface area contributed by atoms with E-state index in [1.54, 1.807) is 19.1 Å². The zero-order chi connectivity index (χ0) is 18.8. The highest BCUT2D eigenvalue weighted by molar-refractivity contribution is 8.00. The third kappa shape index (κ3) is 6.42. The minimum absolute atomic E-state index is 0.0646. The summed E-state index contributed by atoms with van der Waals surface area (Å²) < 4.78 is 15.7. The summed E-state index contributed by atoms with van der Waals surface area (Å²) in [6.07, 6.45) is 0.698. The Bertz CT molecular complexity index is 605. The van der Waals surface area contributed by atoms with Crippen LogP contribution in [0.25, 0.3) is 0 Å². The molecule has 2 amide bonds. The summed E-state index contributed by atoms with van der Waals surface area (Å²) in [7, 11) is 3.19. The van der Waals surface area contributed by atoms with Crippen LogP contribution in [-0.2, 0) is 20.7 Å². The van der Waals surface area contributed by atoms with Gasteiger partial charge in [0.25, 0.3) is 0 Å². The smallest absolute Gasteiger partial charge is 0.232 e. The van der Waals surface area contributed by atoms with Crippen molar-refractivity contribution in [2.75, 3.05) is 58.6 Å². The van der Waals surface area contributed by atoms with Gasteiger partial charge < -0.3 is 24.4 Å². The van der Waals surface area contributed by atoms with E-state index in [1.165, 1.54) is 11.8 Å². The number of methoxy groups -OCH3 is 2. The summed E-state index contributed by atoms with van der Waals surface area (Å²) >= 11 is 1.34. The summed E-state index contributed by atoms with van der Waals surface area (Å²) in [5.74, 6) is 1.96. The summed E-state index contributed by atoms with van der Waals surface area (Å²) in [5.41, 5.74) is 1.05. The lowest BCUT2D eigenvalue weighted by Crippen LogP contribution is -2.41. The molecule has 0 radical (unpaired) electrons. The first-order valence-corrected chi connectivity index (χ1v) is 9.70. The number of carbonyl (C=O) groups excluding carboxylic acids is 2. The molecule has 0 aliphatic carbocycles. The first-order valence-electron chi connectivity index (χ1n) is 8.55. The SMILES string of the molecule is COc1ccc(CCNC(=O)CSCC(=O)N2CCOCC2)cc1OC. The summed E-state index contributed by atoms with van der Waals surface area (Å²) in [5, 5.41) is 2.87. The van der Waals surface area contributed by atoms with Crippen molar-refractivity contribution in [3.8, 4) is 11.5 Å². The van der Waals surface area contributed by atoms with Crippen LogP contribution in [0.4, 0.5) is 0 Å². The van der Waals surface area contributed by atoms with Gasteiger partial charge >= 0.3 is 0 Å². The molecule has 1 N–H and O–H groups in total. The van der Waals surface area contributed by atoms with Gasteiger partial charge in [0.1, 0.15) is 0 Å². The first kappa shape index (κ1) is 20.4. The minimum Gasteiger partial charge on any atom is -0.493 e. The van der Waals surface area contributed by atoms with Crippen LogP contribution in [0.1, 0.15) is 5.56 Å². The molecule has 1 aromatic rings. The van der Waals surface area contributed by atoms with Gasteiger partial charge in [-0.1, -0.05) is 6.07 Å². The number of nitrogens with zero attached hydrogens (tertiary/aromatic N) is 1. The van der Waals surface area contributed by atoms with Gasteiger partial charge in [0, 0.05) is 19.6 Å². The first-order chi connectivity index (χ1) is 12.6. The van der Waals surface area contributed by atoms with Crippen molar-refractivity contribution in [2.45, 2.75) is 6.42 Å². The van der Waals surface area contributed by atoms with E-state index >= 15 is 0 Å². The molecule has 0 atom stereocenters. The fourth-order valence-electron chi connectivity index (χ4n) is 2.57. The van der Waals surface area contributed by atoms with E-state index in [1.807, 2.05) is 18.2 Å². The fraction of sp³-hybridized carbons (Fsp3) is 0.556. The van der Waals surface area contributed by atoms with E-state index in [4.69, 9.17) is 14.2 Å². The van der Waals surface area contributed by atoms with E-state index < -0.39 is 0 Å². The van der Waals surface area contributed by atoms with Crippen LogP contribution >= 0.6 is 11.8 Å². The molecule has 8 heteroatoms. The van der Waals surface area contributed by atoms with Crippen molar-refractivity contribution < 1.29 is 23.8 Å². The number of carbonyl (C=O) groups is 2. The Morgan fingerprint density at radius 1 is 1.15 bits per heavy atom. The number of amides is 2. The zero-order valence-corrected chi connectivity index (χ0v) is 16.1. The molecule has 0 unspecified atom stereocenters. The maximum Gasteiger partial charge on any atom is 0.232 e. The fourth-order valence-corrected chi connectivity index (χ4v) is 3.32. The van der Waals surface area contributed by atoms with Crippen molar-refractivity contribution in [2.24, 2.45) is 0 Å². The number of morpholine rings is 1. The number of thioether (sulfide) groups is 1. The predicted molar refractivity (Wildman–Crippen MR) is 101 cm³/mol. The number of hydrogen-bond donors (Lipinski definition) is 1. The molecule has 1 heterocycles. The third-order valence-corrected chi connectivity index (χ3v) is 4.92. The van der Waals surface area contributed by atoms with Crippen molar-refractivity contribution in [1.82, 2.24) is 10.2 Å².